The Balaban J connectivity index is 0.00000169. The van der Waals surface area contributed by atoms with E-state index in [2.05, 4.69) is 10.6 Å². The summed E-state index contributed by atoms with van der Waals surface area (Å²) in [6.07, 6.45) is 7.23. The number of benzene rings is 1. The second-order valence-electron chi connectivity index (χ2n) is 6.85. The molecule has 0 bridgehead atoms. The molecule has 1 aromatic carbocycles. The number of amides is 1. The Labute approximate surface area is 148 Å². The third-order valence-electron chi connectivity index (χ3n) is 5.13. The number of hydrogen-bond acceptors (Lipinski definition) is 4. The number of rotatable bonds is 2. The van der Waals surface area contributed by atoms with Crippen LogP contribution in [0.3, 0.4) is 0 Å². The molecule has 1 saturated heterocycles. The Bertz CT molecular complexity index is 596. The van der Waals surface area contributed by atoms with Crippen LogP contribution in [0.2, 0.25) is 0 Å². The molecule has 4 rings (SSSR count). The highest BCUT2D eigenvalue weighted by molar-refractivity contribution is 5.93. The Kier molecular flexibility index (Phi) is 5.21. The highest BCUT2D eigenvalue weighted by Crippen LogP contribution is 2.46. The zero-order valence-electron chi connectivity index (χ0n) is 13.8. The van der Waals surface area contributed by atoms with Gasteiger partial charge in [-0.1, -0.05) is 6.42 Å². The van der Waals surface area contributed by atoms with Crippen molar-refractivity contribution in [3.63, 3.8) is 0 Å². The SMILES string of the molecule is Cl.O=C(Nc1ccc2c(c1)OC1(CCCCC1)O2)C1CCNCC1. The van der Waals surface area contributed by atoms with Crippen LogP contribution >= 0.6 is 12.4 Å². The van der Waals surface area contributed by atoms with E-state index >= 15 is 0 Å². The Morgan fingerprint density at radius 1 is 1.08 bits per heavy atom. The first-order valence-electron chi connectivity index (χ1n) is 8.78. The maximum atomic E-state index is 12.4. The number of carbonyl (C=O) groups excluding carboxylic acids is 1. The molecule has 24 heavy (non-hydrogen) atoms. The molecule has 2 N–H and O–H groups in total. The van der Waals surface area contributed by atoms with E-state index in [4.69, 9.17) is 9.47 Å². The summed E-state index contributed by atoms with van der Waals surface area (Å²) >= 11 is 0. The fraction of sp³-hybridized carbons (Fsp3) is 0.611. The summed E-state index contributed by atoms with van der Waals surface area (Å²) in [5.74, 6) is 1.31. The van der Waals surface area contributed by atoms with Crippen LogP contribution in [-0.4, -0.2) is 24.8 Å². The molecule has 2 aliphatic heterocycles. The molecule has 0 atom stereocenters. The second-order valence-corrected chi connectivity index (χ2v) is 6.85. The smallest absolute Gasteiger partial charge is 0.251 e. The summed E-state index contributed by atoms with van der Waals surface area (Å²) in [5, 5.41) is 6.31. The molecule has 2 heterocycles. The fourth-order valence-corrected chi connectivity index (χ4v) is 3.79. The van der Waals surface area contributed by atoms with Crippen LogP contribution in [0.4, 0.5) is 5.69 Å². The van der Waals surface area contributed by atoms with Gasteiger partial charge in [0.2, 0.25) is 5.91 Å². The molecule has 0 aromatic heterocycles. The number of fused-ring (bicyclic) bond motifs is 1. The lowest BCUT2D eigenvalue weighted by atomic mass is 9.94. The fourth-order valence-electron chi connectivity index (χ4n) is 3.79. The Morgan fingerprint density at radius 3 is 2.54 bits per heavy atom. The van der Waals surface area contributed by atoms with Crippen LogP contribution in [0.1, 0.15) is 44.9 Å². The van der Waals surface area contributed by atoms with E-state index in [0.717, 1.165) is 68.8 Å². The van der Waals surface area contributed by atoms with Gasteiger partial charge in [-0.3, -0.25) is 4.79 Å². The maximum Gasteiger partial charge on any atom is 0.251 e. The van der Waals surface area contributed by atoms with E-state index in [1.807, 2.05) is 18.2 Å². The van der Waals surface area contributed by atoms with Crippen molar-refractivity contribution in [2.75, 3.05) is 18.4 Å². The number of hydrogen-bond donors (Lipinski definition) is 2. The van der Waals surface area contributed by atoms with Crippen LogP contribution in [0.25, 0.3) is 0 Å². The van der Waals surface area contributed by atoms with E-state index < -0.39 is 5.79 Å². The lowest BCUT2D eigenvalue weighted by molar-refractivity contribution is -0.120. The summed E-state index contributed by atoms with van der Waals surface area (Å²) in [6, 6.07) is 5.72. The van der Waals surface area contributed by atoms with Crippen molar-refractivity contribution in [3.05, 3.63) is 18.2 Å². The highest BCUT2D eigenvalue weighted by atomic mass is 35.5. The van der Waals surface area contributed by atoms with Crippen LogP contribution < -0.4 is 20.1 Å². The minimum absolute atomic E-state index is 0. The molecule has 5 nitrogen and oxygen atoms in total. The van der Waals surface area contributed by atoms with Crippen LogP contribution in [0.5, 0.6) is 11.5 Å². The summed E-state index contributed by atoms with van der Waals surface area (Å²) in [5.41, 5.74) is 0.795. The summed E-state index contributed by atoms with van der Waals surface area (Å²) in [7, 11) is 0. The second kappa shape index (κ2) is 7.19. The Hall–Kier alpha value is -1.46. The number of ether oxygens (including phenoxy) is 2. The minimum atomic E-state index is -0.460. The normalized spacial score (nSPS) is 22.0. The van der Waals surface area contributed by atoms with Gasteiger partial charge in [0, 0.05) is 30.5 Å². The van der Waals surface area contributed by atoms with Crippen LogP contribution in [0.15, 0.2) is 18.2 Å². The van der Waals surface area contributed by atoms with Crippen molar-refractivity contribution in [2.24, 2.45) is 5.92 Å². The van der Waals surface area contributed by atoms with Gasteiger partial charge in [0.05, 0.1) is 0 Å². The van der Waals surface area contributed by atoms with Gasteiger partial charge in [-0.2, -0.15) is 0 Å². The van der Waals surface area contributed by atoms with Crippen molar-refractivity contribution in [2.45, 2.75) is 50.7 Å². The molecule has 3 aliphatic rings. The van der Waals surface area contributed by atoms with E-state index in [9.17, 15) is 4.79 Å². The zero-order chi connectivity index (χ0) is 15.7. The zero-order valence-corrected chi connectivity index (χ0v) is 14.6. The predicted molar refractivity (Wildman–Crippen MR) is 95.0 cm³/mol. The first-order chi connectivity index (χ1) is 11.2. The van der Waals surface area contributed by atoms with Crippen molar-refractivity contribution in [1.29, 1.82) is 0 Å². The van der Waals surface area contributed by atoms with Crippen LogP contribution in [0, 0.1) is 5.92 Å². The summed E-state index contributed by atoms with van der Waals surface area (Å²) < 4.78 is 12.2. The molecule has 1 spiro atoms. The standard InChI is InChI=1S/C18H24N2O3.ClH/c21-17(13-6-10-19-11-7-13)20-14-4-5-15-16(12-14)23-18(22-15)8-2-1-3-9-18;/h4-5,12-13,19H,1-3,6-11H2,(H,20,21);1H. The van der Waals surface area contributed by atoms with E-state index in [0.29, 0.717) is 0 Å². The summed E-state index contributed by atoms with van der Waals surface area (Å²) in [4.78, 5) is 12.4. The van der Waals surface area contributed by atoms with Gasteiger partial charge >= 0.3 is 0 Å². The lowest BCUT2D eigenvalue weighted by Gasteiger charge is -2.31. The average Bonchev–Trinajstić information content (AvgIpc) is 2.93. The number of carbonyl (C=O) groups is 1. The molecule has 132 valence electrons. The number of anilines is 1. The van der Waals surface area contributed by atoms with Gasteiger partial charge in [-0.15, -0.1) is 12.4 Å². The molecule has 6 heteroatoms. The quantitative estimate of drug-likeness (QED) is 0.855. The van der Waals surface area contributed by atoms with Crippen molar-refractivity contribution in [3.8, 4) is 11.5 Å². The van der Waals surface area contributed by atoms with Crippen LogP contribution in [-0.2, 0) is 4.79 Å². The van der Waals surface area contributed by atoms with Crippen molar-refractivity contribution in [1.82, 2.24) is 5.32 Å². The molecular weight excluding hydrogens is 328 g/mol. The Morgan fingerprint density at radius 2 is 1.79 bits per heavy atom. The van der Waals surface area contributed by atoms with Gasteiger partial charge in [0.15, 0.2) is 11.5 Å². The number of halogens is 1. The molecule has 0 radical (unpaired) electrons. The molecule has 2 fully saturated rings. The first kappa shape index (κ1) is 17.4. The highest BCUT2D eigenvalue weighted by Gasteiger charge is 2.42. The molecular formula is C18H25ClN2O3. The topological polar surface area (TPSA) is 59.6 Å². The third kappa shape index (κ3) is 3.47. The van der Waals surface area contributed by atoms with E-state index in [-0.39, 0.29) is 24.2 Å². The largest absolute Gasteiger partial charge is 0.448 e. The lowest BCUT2D eigenvalue weighted by Crippen LogP contribution is -2.40. The van der Waals surface area contributed by atoms with E-state index in [1.54, 1.807) is 0 Å². The van der Waals surface area contributed by atoms with Gasteiger partial charge in [0.25, 0.3) is 5.79 Å². The predicted octanol–water partition coefficient (Wildman–Crippen LogP) is 3.48. The number of piperidine rings is 1. The molecule has 1 aliphatic carbocycles. The van der Waals surface area contributed by atoms with Crippen molar-refractivity contribution < 1.29 is 14.3 Å². The molecule has 1 saturated carbocycles. The molecule has 0 unspecified atom stereocenters. The minimum Gasteiger partial charge on any atom is -0.448 e. The summed E-state index contributed by atoms with van der Waals surface area (Å²) in [6.45, 7) is 1.84. The third-order valence-corrected chi connectivity index (χ3v) is 5.13. The monoisotopic (exact) mass is 352 g/mol. The first-order valence-corrected chi connectivity index (χ1v) is 8.78. The number of nitrogens with one attached hydrogen (secondary N) is 2. The van der Waals surface area contributed by atoms with E-state index in [1.165, 1.54) is 6.42 Å². The van der Waals surface area contributed by atoms with Gasteiger partial charge in [-0.25, -0.2) is 0 Å². The van der Waals surface area contributed by atoms with Crippen molar-refractivity contribution >= 4 is 24.0 Å². The van der Waals surface area contributed by atoms with Gasteiger partial charge < -0.3 is 20.1 Å². The molecule has 1 amide bonds. The molecule has 1 aromatic rings. The maximum absolute atomic E-state index is 12.4. The van der Waals surface area contributed by atoms with Gasteiger partial charge in [-0.05, 0) is 50.9 Å². The van der Waals surface area contributed by atoms with Gasteiger partial charge in [0.1, 0.15) is 0 Å². The average molecular weight is 353 g/mol.